The molecule has 2 amide bonds. The quantitative estimate of drug-likeness (QED) is 0.699. The van der Waals surface area contributed by atoms with E-state index in [4.69, 9.17) is 5.73 Å². The maximum absolute atomic E-state index is 12.8. The second kappa shape index (κ2) is 11.2. The first-order valence-electron chi connectivity index (χ1n) is 8.19. The van der Waals surface area contributed by atoms with E-state index in [0.717, 1.165) is 5.56 Å². The number of carbonyl (C=O) groups excluding carboxylic acids is 2. The largest absolute Gasteiger partial charge is 0.352 e. The highest BCUT2D eigenvalue weighted by molar-refractivity contribution is 5.87. The molecule has 0 bridgehead atoms. The van der Waals surface area contributed by atoms with Gasteiger partial charge in [0.05, 0.1) is 6.54 Å². The van der Waals surface area contributed by atoms with Gasteiger partial charge in [0.25, 0.3) is 0 Å². The number of amides is 2. The van der Waals surface area contributed by atoms with Crippen LogP contribution in [0.4, 0.5) is 0 Å². The van der Waals surface area contributed by atoms with Crippen LogP contribution < -0.4 is 11.1 Å². The summed E-state index contributed by atoms with van der Waals surface area (Å²) < 4.78 is 0. The summed E-state index contributed by atoms with van der Waals surface area (Å²) in [6.07, 6.45) is 1.65. The number of carbonyl (C=O) groups is 2. The van der Waals surface area contributed by atoms with Gasteiger partial charge in [-0.3, -0.25) is 14.5 Å². The highest BCUT2D eigenvalue weighted by Gasteiger charge is 2.35. The molecule has 146 valence electrons. The zero-order valence-electron chi connectivity index (χ0n) is 15.0. The van der Waals surface area contributed by atoms with Crippen molar-refractivity contribution in [2.24, 2.45) is 5.73 Å². The Bertz CT molecular complexity index is 588. The molecule has 1 heterocycles. The van der Waals surface area contributed by atoms with E-state index in [0.29, 0.717) is 39.3 Å². The average Bonchev–Trinajstić information content (AvgIpc) is 2.60. The molecule has 1 aliphatic rings. The fourth-order valence-electron chi connectivity index (χ4n) is 2.79. The van der Waals surface area contributed by atoms with Gasteiger partial charge in [0, 0.05) is 32.7 Å². The Morgan fingerprint density at radius 2 is 1.77 bits per heavy atom. The molecule has 1 unspecified atom stereocenters. The van der Waals surface area contributed by atoms with E-state index in [9.17, 15) is 9.59 Å². The van der Waals surface area contributed by atoms with E-state index in [1.54, 1.807) is 17.9 Å². The second-order valence-electron chi connectivity index (χ2n) is 6.23. The molecule has 1 atom stereocenters. The third-order valence-corrected chi connectivity index (χ3v) is 4.29. The Morgan fingerprint density at radius 3 is 2.31 bits per heavy atom. The van der Waals surface area contributed by atoms with E-state index < -0.39 is 5.54 Å². The lowest BCUT2D eigenvalue weighted by Crippen LogP contribution is -2.57. The van der Waals surface area contributed by atoms with E-state index in [2.05, 4.69) is 11.9 Å². The van der Waals surface area contributed by atoms with Crippen molar-refractivity contribution in [2.45, 2.75) is 12.5 Å². The summed E-state index contributed by atoms with van der Waals surface area (Å²) in [4.78, 5) is 28.3. The molecule has 1 fully saturated rings. The molecule has 26 heavy (non-hydrogen) atoms. The number of piperazine rings is 1. The van der Waals surface area contributed by atoms with Crippen LogP contribution >= 0.6 is 24.8 Å². The van der Waals surface area contributed by atoms with Gasteiger partial charge in [-0.15, -0.1) is 31.4 Å². The molecule has 0 saturated carbocycles. The number of nitrogens with one attached hydrogen (secondary N) is 1. The van der Waals surface area contributed by atoms with Crippen molar-refractivity contribution in [1.82, 2.24) is 15.1 Å². The first-order valence-corrected chi connectivity index (χ1v) is 8.19. The zero-order chi connectivity index (χ0) is 17.6. The second-order valence-corrected chi connectivity index (χ2v) is 6.23. The van der Waals surface area contributed by atoms with Crippen molar-refractivity contribution >= 4 is 36.6 Å². The molecule has 0 spiro atoms. The van der Waals surface area contributed by atoms with Crippen LogP contribution in [0.5, 0.6) is 0 Å². The van der Waals surface area contributed by atoms with Gasteiger partial charge >= 0.3 is 0 Å². The van der Waals surface area contributed by atoms with Crippen LogP contribution in [0.15, 0.2) is 43.0 Å². The van der Waals surface area contributed by atoms with Gasteiger partial charge in [-0.05, 0) is 12.5 Å². The first kappa shape index (κ1) is 24.4. The minimum atomic E-state index is -1.04. The summed E-state index contributed by atoms with van der Waals surface area (Å²) in [6, 6.07) is 9.41. The maximum Gasteiger partial charge on any atom is 0.247 e. The molecule has 0 aliphatic carbocycles. The molecule has 3 N–H and O–H groups in total. The van der Waals surface area contributed by atoms with E-state index in [1.807, 2.05) is 35.2 Å². The van der Waals surface area contributed by atoms with E-state index >= 15 is 0 Å². The third-order valence-electron chi connectivity index (χ3n) is 4.29. The lowest BCUT2D eigenvalue weighted by molar-refractivity contribution is -0.138. The van der Waals surface area contributed by atoms with Gasteiger partial charge in [-0.1, -0.05) is 36.4 Å². The molecule has 2 rings (SSSR count). The smallest absolute Gasteiger partial charge is 0.247 e. The van der Waals surface area contributed by atoms with Crippen LogP contribution in [0, 0.1) is 0 Å². The van der Waals surface area contributed by atoms with Gasteiger partial charge in [0.2, 0.25) is 11.8 Å². The summed E-state index contributed by atoms with van der Waals surface area (Å²) >= 11 is 0. The summed E-state index contributed by atoms with van der Waals surface area (Å²) in [6.45, 7) is 8.62. The first-order chi connectivity index (χ1) is 11.4. The number of halogens is 2. The lowest BCUT2D eigenvalue weighted by Gasteiger charge is -2.38. The van der Waals surface area contributed by atoms with Crippen molar-refractivity contribution in [3.8, 4) is 0 Å². The molecular formula is C18H28Cl2N4O2. The number of nitrogens with zero attached hydrogens (tertiary/aromatic N) is 2. The molecule has 1 aromatic carbocycles. The molecule has 1 aliphatic heterocycles. The van der Waals surface area contributed by atoms with Crippen molar-refractivity contribution in [3.63, 3.8) is 0 Å². The topological polar surface area (TPSA) is 78.7 Å². The molecule has 1 saturated heterocycles. The van der Waals surface area contributed by atoms with Crippen LogP contribution in [-0.4, -0.2) is 60.9 Å². The number of hydrogen-bond acceptors (Lipinski definition) is 4. The van der Waals surface area contributed by atoms with Gasteiger partial charge in [0.1, 0.15) is 5.54 Å². The summed E-state index contributed by atoms with van der Waals surface area (Å²) in [5.74, 6) is -0.105. The van der Waals surface area contributed by atoms with Crippen LogP contribution in [0.3, 0.4) is 0 Å². The fourth-order valence-corrected chi connectivity index (χ4v) is 2.79. The Balaban J connectivity index is 0.00000312. The molecule has 0 radical (unpaired) electrons. The van der Waals surface area contributed by atoms with Crippen molar-refractivity contribution in [1.29, 1.82) is 0 Å². The lowest BCUT2D eigenvalue weighted by atomic mass is 9.91. The maximum atomic E-state index is 12.8. The predicted octanol–water partition coefficient (Wildman–Crippen LogP) is 1.15. The fraction of sp³-hybridized carbons (Fsp3) is 0.444. The van der Waals surface area contributed by atoms with Crippen molar-refractivity contribution in [2.75, 3.05) is 39.3 Å². The van der Waals surface area contributed by atoms with Gasteiger partial charge in [0.15, 0.2) is 0 Å². The van der Waals surface area contributed by atoms with Crippen molar-refractivity contribution < 1.29 is 9.59 Å². The highest BCUT2D eigenvalue weighted by Crippen LogP contribution is 2.21. The van der Waals surface area contributed by atoms with E-state index in [1.165, 1.54) is 0 Å². The van der Waals surface area contributed by atoms with Crippen LogP contribution in [-0.2, 0) is 15.1 Å². The van der Waals surface area contributed by atoms with Gasteiger partial charge in [-0.25, -0.2) is 0 Å². The Hall–Kier alpha value is -1.60. The van der Waals surface area contributed by atoms with Crippen LogP contribution in [0.1, 0.15) is 12.5 Å². The van der Waals surface area contributed by atoms with Crippen LogP contribution in [0.25, 0.3) is 0 Å². The monoisotopic (exact) mass is 402 g/mol. The normalized spacial score (nSPS) is 16.5. The minimum Gasteiger partial charge on any atom is -0.352 e. The number of hydrogen-bond donors (Lipinski definition) is 2. The Labute approximate surface area is 167 Å². The standard InChI is InChI=1S/C18H26N4O2.2ClH/c1-3-9-20-16(23)14-21-10-12-22(13-11-21)17(24)18(2,19)15-7-5-4-6-8-15;;/h3-8H,1,9-14,19H2,2H3,(H,20,23);2*1H. The minimum absolute atomic E-state index is 0. The Kier molecular flexibility index (Phi) is 10.5. The van der Waals surface area contributed by atoms with Crippen molar-refractivity contribution in [3.05, 3.63) is 48.6 Å². The molecule has 8 heteroatoms. The SMILES string of the molecule is C=CCNC(=O)CN1CCN(C(=O)C(C)(N)c2ccccc2)CC1.Cl.Cl. The molecular weight excluding hydrogens is 375 g/mol. The predicted molar refractivity (Wildman–Crippen MR) is 109 cm³/mol. The molecule has 0 aromatic heterocycles. The van der Waals surface area contributed by atoms with Crippen LogP contribution in [0.2, 0.25) is 0 Å². The zero-order valence-corrected chi connectivity index (χ0v) is 16.7. The average molecular weight is 403 g/mol. The molecule has 1 aromatic rings. The number of benzene rings is 1. The van der Waals surface area contributed by atoms with E-state index in [-0.39, 0.29) is 36.6 Å². The number of rotatable bonds is 6. The summed E-state index contributed by atoms with van der Waals surface area (Å²) in [5, 5.41) is 2.76. The number of nitrogens with two attached hydrogens (primary N) is 1. The third kappa shape index (κ3) is 6.29. The summed E-state index contributed by atoms with van der Waals surface area (Å²) in [5.41, 5.74) is 6.07. The molecule has 6 nitrogen and oxygen atoms in total. The highest BCUT2D eigenvalue weighted by atomic mass is 35.5. The Morgan fingerprint density at radius 1 is 1.19 bits per heavy atom. The summed E-state index contributed by atoms with van der Waals surface area (Å²) in [7, 11) is 0. The van der Waals surface area contributed by atoms with Gasteiger partial charge in [-0.2, -0.15) is 0 Å². The van der Waals surface area contributed by atoms with Gasteiger partial charge < -0.3 is 16.0 Å².